The fourth-order valence-corrected chi connectivity index (χ4v) is 4.30. The molecule has 0 unspecified atom stereocenters. The van der Waals surface area contributed by atoms with Crippen LogP contribution >= 0.6 is 0 Å². The molecule has 2 aromatic carbocycles. The molecule has 0 saturated heterocycles. The summed E-state index contributed by atoms with van der Waals surface area (Å²) in [5.74, 6) is 0.341. The fraction of sp³-hybridized carbons (Fsp3) is 0.208. The van der Waals surface area contributed by atoms with Crippen molar-refractivity contribution in [2.45, 2.75) is 25.6 Å². The number of carbonyl (C=O) groups is 3. The third-order valence-electron chi connectivity index (χ3n) is 5.73. The molecule has 1 atom stereocenters. The molecule has 3 heterocycles. The van der Waals surface area contributed by atoms with E-state index >= 15 is 0 Å². The Labute approximate surface area is 179 Å². The maximum absolute atomic E-state index is 13.3. The summed E-state index contributed by atoms with van der Waals surface area (Å²) in [5, 5.41) is 2.82. The molecule has 31 heavy (non-hydrogen) atoms. The van der Waals surface area contributed by atoms with Gasteiger partial charge in [0, 0.05) is 24.1 Å². The first-order valence-corrected chi connectivity index (χ1v) is 10.3. The van der Waals surface area contributed by atoms with Gasteiger partial charge in [-0.15, -0.1) is 0 Å². The van der Waals surface area contributed by atoms with Crippen molar-refractivity contribution >= 4 is 23.4 Å². The topological polar surface area (TPSA) is 82.9 Å². The minimum atomic E-state index is -0.489. The number of fused-ring (bicyclic) bond motifs is 5. The molecule has 156 valence electrons. The summed E-state index contributed by atoms with van der Waals surface area (Å²) in [6, 6.07) is 18.1. The Morgan fingerprint density at radius 3 is 2.52 bits per heavy atom. The van der Waals surface area contributed by atoms with E-state index in [2.05, 4.69) is 5.32 Å². The highest BCUT2D eigenvalue weighted by atomic mass is 16.3. The Hall–Kier alpha value is -3.87. The van der Waals surface area contributed by atoms with Crippen molar-refractivity contribution < 1.29 is 18.8 Å². The standard InChI is InChI=1S/C24H21N3O4/c28-21(25-15-16-7-6-14-31-16)12-5-13-26-22-17-8-1-2-9-18(17)24(30)27(22)20-11-4-3-10-19(20)23(26)29/h1-4,6-11,14,22H,5,12-13,15H2,(H,25,28)/t22-/m0/s1. The van der Waals surface area contributed by atoms with Crippen LogP contribution in [0.3, 0.4) is 0 Å². The summed E-state index contributed by atoms with van der Waals surface area (Å²) in [7, 11) is 0. The minimum absolute atomic E-state index is 0.109. The third-order valence-corrected chi connectivity index (χ3v) is 5.73. The molecular formula is C24H21N3O4. The molecule has 0 saturated carbocycles. The SMILES string of the molecule is O=C(CCCN1C(=O)c2ccccc2N2C(=O)c3ccccc3[C@@H]12)NCc1ccco1. The van der Waals surface area contributed by atoms with Crippen LogP contribution in [0.2, 0.25) is 0 Å². The lowest BCUT2D eigenvalue weighted by molar-refractivity contribution is -0.121. The van der Waals surface area contributed by atoms with Crippen molar-refractivity contribution in [1.29, 1.82) is 0 Å². The zero-order valence-electron chi connectivity index (χ0n) is 16.8. The molecule has 5 rings (SSSR count). The van der Waals surface area contributed by atoms with Crippen molar-refractivity contribution in [2.24, 2.45) is 0 Å². The molecule has 0 bridgehead atoms. The summed E-state index contributed by atoms with van der Waals surface area (Å²) in [6.07, 6.45) is 1.83. The van der Waals surface area contributed by atoms with Crippen molar-refractivity contribution in [3.05, 3.63) is 89.4 Å². The Balaban J connectivity index is 1.35. The highest BCUT2D eigenvalue weighted by Gasteiger charge is 2.47. The number of rotatable bonds is 6. The first-order valence-electron chi connectivity index (χ1n) is 10.3. The molecule has 3 aromatic rings. The third kappa shape index (κ3) is 3.28. The fourth-order valence-electron chi connectivity index (χ4n) is 4.30. The molecule has 0 spiro atoms. The van der Waals surface area contributed by atoms with E-state index < -0.39 is 6.17 Å². The Kier molecular flexibility index (Phi) is 4.78. The van der Waals surface area contributed by atoms with Gasteiger partial charge in [0.25, 0.3) is 11.8 Å². The maximum atomic E-state index is 13.3. The second kappa shape index (κ2) is 7.75. The van der Waals surface area contributed by atoms with Gasteiger partial charge in [-0.05, 0) is 36.8 Å². The van der Waals surface area contributed by atoms with Gasteiger partial charge in [-0.1, -0.05) is 30.3 Å². The lowest BCUT2D eigenvalue weighted by atomic mass is 10.0. The molecule has 2 aliphatic heterocycles. The van der Waals surface area contributed by atoms with Crippen LogP contribution in [-0.4, -0.2) is 29.2 Å². The minimum Gasteiger partial charge on any atom is -0.467 e. The van der Waals surface area contributed by atoms with Crippen LogP contribution in [-0.2, 0) is 11.3 Å². The number of para-hydroxylation sites is 1. The molecule has 0 fully saturated rings. The van der Waals surface area contributed by atoms with Crippen molar-refractivity contribution in [3.8, 4) is 0 Å². The smallest absolute Gasteiger partial charge is 0.260 e. The van der Waals surface area contributed by atoms with Crippen molar-refractivity contribution in [2.75, 3.05) is 11.4 Å². The van der Waals surface area contributed by atoms with Gasteiger partial charge in [-0.2, -0.15) is 0 Å². The van der Waals surface area contributed by atoms with Crippen LogP contribution in [0, 0.1) is 0 Å². The predicted molar refractivity (Wildman–Crippen MR) is 113 cm³/mol. The van der Waals surface area contributed by atoms with Gasteiger partial charge in [0.15, 0.2) is 0 Å². The molecule has 7 nitrogen and oxygen atoms in total. The zero-order chi connectivity index (χ0) is 21.4. The second-order valence-electron chi connectivity index (χ2n) is 7.61. The molecule has 2 aliphatic rings. The predicted octanol–water partition coefficient (Wildman–Crippen LogP) is 3.49. The zero-order valence-corrected chi connectivity index (χ0v) is 16.8. The quantitative estimate of drug-likeness (QED) is 0.668. The van der Waals surface area contributed by atoms with Crippen LogP contribution in [0.25, 0.3) is 0 Å². The maximum Gasteiger partial charge on any atom is 0.260 e. The Morgan fingerprint density at radius 1 is 0.935 bits per heavy atom. The Bertz CT molecular complexity index is 1160. The molecule has 0 aliphatic carbocycles. The monoisotopic (exact) mass is 415 g/mol. The van der Waals surface area contributed by atoms with Crippen LogP contribution in [0.4, 0.5) is 5.69 Å². The number of hydrogen-bond acceptors (Lipinski definition) is 4. The molecule has 3 amide bonds. The summed E-state index contributed by atoms with van der Waals surface area (Å²) in [4.78, 5) is 42.1. The van der Waals surface area contributed by atoms with Gasteiger partial charge in [0.05, 0.1) is 24.1 Å². The van der Waals surface area contributed by atoms with Gasteiger partial charge in [-0.25, -0.2) is 0 Å². The van der Waals surface area contributed by atoms with Crippen LogP contribution in [0.15, 0.2) is 71.3 Å². The lowest BCUT2D eigenvalue weighted by Gasteiger charge is -2.41. The number of nitrogens with one attached hydrogen (secondary N) is 1. The summed E-state index contributed by atoms with van der Waals surface area (Å²) in [5.41, 5.74) is 2.56. The molecule has 1 N–H and O–H groups in total. The van der Waals surface area contributed by atoms with Crippen molar-refractivity contribution in [3.63, 3.8) is 0 Å². The Morgan fingerprint density at radius 2 is 1.71 bits per heavy atom. The van der Waals surface area contributed by atoms with E-state index in [1.807, 2.05) is 30.3 Å². The summed E-state index contributed by atoms with van der Waals surface area (Å²) < 4.78 is 5.22. The highest BCUT2D eigenvalue weighted by molar-refractivity contribution is 6.16. The number of carbonyl (C=O) groups excluding carboxylic acids is 3. The van der Waals surface area contributed by atoms with Gasteiger partial charge in [-0.3, -0.25) is 19.3 Å². The summed E-state index contributed by atoms with van der Waals surface area (Å²) in [6.45, 7) is 0.699. The average Bonchev–Trinajstić information content (AvgIpc) is 3.42. The molecule has 7 heteroatoms. The van der Waals surface area contributed by atoms with E-state index in [1.165, 1.54) is 0 Å². The highest BCUT2D eigenvalue weighted by Crippen LogP contribution is 2.45. The average molecular weight is 415 g/mol. The van der Waals surface area contributed by atoms with Gasteiger partial charge < -0.3 is 14.6 Å². The molecule has 0 radical (unpaired) electrons. The van der Waals surface area contributed by atoms with Gasteiger partial charge in [0.2, 0.25) is 5.91 Å². The van der Waals surface area contributed by atoms with Gasteiger partial charge in [0.1, 0.15) is 11.9 Å². The lowest BCUT2D eigenvalue weighted by Crippen LogP contribution is -2.48. The van der Waals surface area contributed by atoms with E-state index in [0.717, 1.165) is 5.56 Å². The first kappa shape index (κ1) is 19.1. The largest absolute Gasteiger partial charge is 0.467 e. The number of nitrogens with zero attached hydrogens (tertiary/aromatic N) is 2. The van der Waals surface area contributed by atoms with E-state index in [0.29, 0.717) is 42.1 Å². The van der Waals surface area contributed by atoms with E-state index in [9.17, 15) is 14.4 Å². The number of furan rings is 1. The van der Waals surface area contributed by atoms with E-state index in [-0.39, 0.29) is 24.1 Å². The van der Waals surface area contributed by atoms with Crippen LogP contribution in [0.1, 0.15) is 51.0 Å². The molecular weight excluding hydrogens is 394 g/mol. The number of hydrogen-bond donors (Lipinski definition) is 1. The first-order chi connectivity index (χ1) is 15.1. The number of anilines is 1. The van der Waals surface area contributed by atoms with Crippen LogP contribution < -0.4 is 10.2 Å². The van der Waals surface area contributed by atoms with E-state index in [4.69, 9.17) is 4.42 Å². The summed E-state index contributed by atoms with van der Waals surface area (Å²) >= 11 is 0. The molecule has 1 aromatic heterocycles. The normalized spacial score (nSPS) is 16.7. The second-order valence-corrected chi connectivity index (χ2v) is 7.61. The van der Waals surface area contributed by atoms with Gasteiger partial charge >= 0.3 is 0 Å². The van der Waals surface area contributed by atoms with E-state index in [1.54, 1.807) is 46.4 Å². The van der Waals surface area contributed by atoms with Crippen molar-refractivity contribution in [1.82, 2.24) is 10.2 Å². The number of amides is 3. The van der Waals surface area contributed by atoms with Crippen LogP contribution in [0.5, 0.6) is 0 Å². The number of benzene rings is 2.